The highest BCUT2D eigenvalue weighted by Gasteiger charge is 2.37. The highest BCUT2D eigenvalue weighted by atomic mass is 79.9. The summed E-state index contributed by atoms with van der Waals surface area (Å²) in [6.07, 6.45) is 1.28. The van der Waals surface area contributed by atoms with Crippen molar-refractivity contribution in [1.29, 1.82) is 0 Å². The van der Waals surface area contributed by atoms with Gasteiger partial charge < -0.3 is 15.4 Å². The van der Waals surface area contributed by atoms with Gasteiger partial charge in [0, 0.05) is 27.7 Å². The fraction of sp³-hybridized carbons (Fsp3) is 0.192. The van der Waals surface area contributed by atoms with Gasteiger partial charge >= 0.3 is 0 Å². The van der Waals surface area contributed by atoms with Crippen LogP contribution in [-0.2, 0) is 4.79 Å². The first-order chi connectivity index (χ1) is 15.1. The topological polar surface area (TPSA) is 50.4 Å². The minimum absolute atomic E-state index is 0.162. The summed E-state index contributed by atoms with van der Waals surface area (Å²) < 4.78 is 6.62. The van der Waals surface area contributed by atoms with Crippen molar-refractivity contribution in [3.63, 3.8) is 0 Å². The van der Waals surface area contributed by atoms with E-state index in [4.69, 9.17) is 4.74 Å². The van der Waals surface area contributed by atoms with Crippen LogP contribution in [0.25, 0.3) is 0 Å². The first-order valence-electron chi connectivity index (χ1n) is 10.4. The van der Waals surface area contributed by atoms with Crippen molar-refractivity contribution < 1.29 is 9.53 Å². The predicted octanol–water partition coefficient (Wildman–Crippen LogP) is 6.44. The van der Waals surface area contributed by atoms with E-state index in [1.807, 2.05) is 60.7 Å². The number of fused-ring (bicyclic) bond motifs is 1. The Labute approximate surface area is 190 Å². The second-order valence-electron chi connectivity index (χ2n) is 7.97. The number of para-hydroxylation sites is 2. The molecule has 156 valence electrons. The molecule has 1 aliphatic carbocycles. The van der Waals surface area contributed by atoms with Gasteiger partial charge in [0.1, 0.15) is 5.75 Å². The maximum absolute atomic E-state index is 13.6. The van der Waals surface area contributed by atoms with Crippen molar-refractivity contribution in [2.24, 2.45) is 0 Å². The summed E-state index contributed by atoms with van der Waals surface area (Å²) in [5, 5.41) is 7.21. The van der Waals surface area contributed by atoms with Gasteiger partial charge in [-0.15, -0.1) is 0 Å². The van der Waals surface area contributed by atoms with E-state index in [1.54, 1.807) is 7.11 Å². The molecule has 2 atom stereocenters. The standard InChI is InChI=1S/C26H23BrN2O2/c1-31-24-12-11-18(27)15-19(24)26-25-22(28-20-9-5-6-10-21(20)29-26)13-17(14-23(25)30)16-7-3-2-4-8-16/h2-12,15,17,26,28-29H,13-14H2,1H3. The Hall–Kier alpha value is -3.05. The quantitative estimate of drug-likeness (QED) is 0.458. The zero-order chi connectivity index (χ0) is 21.4. The number of methoxy groups -OCH3 is 1. The number of carbonyl (C=O) groups is 1. The van der Waals surface area contributed by atoms with Crippen LogP contribution in [0.1, 0.15) is 35.9 Å². The molecule has 4 nitrogen and oxygen atoms in total. The van der Waals surface area contributed by atoms with Gasteiger partial charge in [0.25, 0.3) is 0 Å². The molecule has 1 aliphatic heterocycles. The van der Waals surface area contributed by atoms with E-state index in [9.17, 15) is 4.79 Å². The average molecular weight is 475 g/mol. The van der Waals surface area contributed by atoms with Crippen LogP contribution < -0.4 is 15.4 Å². The maximum Gasteiger partial charge on any atom is 0.163 e. The van der Waals surface area contributed by atoms with Crippen molar-refractivity contribution in [1.82, 2.24) is 0 Å². The van der Waals surface area contributed by atoms with Crippen LogP contribution in [0.4, 0.5) is 11.4 Å². The number of anilines is 2. The largest absolute Gasteiger partial charge is 0.496 e. The van der Waals surface area contributed by atoms with Crippen LogP contribution in [0.2, 0.25) is 0 Å². The van der Waals surface area contributed by atoms with Crippen LogP contribution in [-0.4, -0.2) is 12.9 Å². The minimum atomic E-state index is -0.303. The molecule has 2 unspecified atom stereocenters. The van der Waals surface area contributed by atoms with Gasteiger partial charge in [0.15, 0.2) is 5.78 Å². The van der Waals surface area contributed by atoms with Gasteiger partial charge in [-0.2, -0.15) is 0 Å². The summed E-state index contributed by atoms with van der Waals surface area (Å²) >= 11 is 3.59. The number of carbonyl (C=O) groups excluding carboxylic acids is 1. The van der Waals surface area contributed by atoms with Crippen LogP contribution in [0.15, 0.2) is 88.5 Å². The molecule has 0 radical (unpaired) electrons. The molecule has 3 aromatic rings. The summed E-state index contributed by atoms with van der Waals surface area (Å²) in [6, 6.07) is 24.0. The summed E-state index contributed by atoms with van der Waals surface area (Å²) in [5.74, 6) is 1.08. The molecule has 0 aromatic heterocycles. The second kappa shape index (κ2) is 8.23. The molecular weight excluding hydrogens is 452 g/mol. The Bertz CT molecular complexity index is 1170. The molecule has 0 spiro atoms. The molecule has 5 rings (SSSR count). The molecule has 1 heterocycles. The number of rotatable bonds is 3. The highest BCUT2D eigenvalue weighted by Crippen LogP contribution is 2.46. The smallest absolute Gasteiger partial charge is 0.163 e. The van der Waals surface area contributed by atoms with Crippen LogP contribution >= 0.6 is 15.9 Å². The first-order valence-corrected chi connectivity index (χ1v) is 11.2. The van der Waals surface area contributed by atoms with Gasteiger partial charge in [-0.05, 0) is 48.2 Å². The molecule has 0 amide bonds. The van der Waals surface area contributed by atoms with E-state index in [0.717, 1.165) is 44.9 Å². The third-order valence-corrected chi connectivity index (χ3v) is 6.58. The molecule has 0 fully saturated rings. The molecule has 5 heteroatoms. The van der Waals surface area contributed by atoms with E-state index < -0.39 is 0 Å². The summed E-state index contributed by atoms with van der Waals surface area (Å²) in [4.78, 5) is 13.6. The van der Waals surface area contributed by atoms with Gasteiger partial charge in [-0.1, -0.05) is 58.4 Å². The molecule has 2 N–H and O–H groups in total. The Morgan fingerprint density at radius 1 is 0.935 bits per heavy atom. The second-order valence-corrected chi connectivity index (χ2v) is 8.88. The minimum Gasteiger partial charge on any atom is -0.496 e. The number of benzene rings is 3. The van der Waals surface area contributed by atoms with Gasteiger partial charge in [0.05, 0.1) is 24.5 Å². The fourth-order valence-corrected chi connectivity index (χ4v) is 5.00. The number of allylic oxidation sites excluding steroid dienone is 1. The van der Waals surface area contributed by atoms with Crippen LogP contribution in [0.5, 0.6) is 5.75 Å². The van der Waals surface area contributed by atoms with Crippen molar-refractivity contribution in [2.75, 3.05) is 17.7 Å². The number of ketones is 1. The average Bonchev–Trinajstić information content (AvgIpc) is 2.96. The van der Waals surface area contributed by atoms with E-state index in [0.29, 0.717) is 6.42 Å². The Kier molecular flexibility index (Phi) is 5.28. The van der Waals surface area contributed by atoms with Crippen molar-refractivity contribution >= 4 is 33.1 Å². The first kappa shape index (κ1) is 19.9. The number of ether oxygens (including phenoxy) is 1. The third-order valence-electron chi connectivity index (χ3n) is 6.08. The summed E-state index contributed by atoms with van der Waals surface area (Å²) in [6.45, 7) is 0. The summed E-state index contributed by atoms with van der Waals surface area (Å²) in [7, 11) is 1.67. The third kappa shape index (κ3) is 3.74. The normalized spacial score (nSPS) is 20.1. The van der Waals surface area contributed by atoms with E-state index in [2.05, 4.69) is 38.7 Å². The zero-order valence-corrected chi connectivity index (χ0v) is 18.8. The number of Topliss-reactive ketones (excluding diaryl/α,β-unsaturated/α-hetero) is 1. The Balaban J connectivity index is 1.66. The molecule has 0 bridgehead atoms. The van der Waals surface area contributed by atoms with Crippen molar-refractivity contribution in [2.45, 2.75) is 24.8 Å². The fourth-order valence-electron chi connectivity index (χ4n) is 4.62. The highest BCUT2D eigenvalue weighted by molar-refractivity contribution is 9.10. The molecule has 31 heavy (non-hydrogen) atoms. The van der Waals surface area contributed by atoms with E-state index >= 15 is 0 Å². The Morgan fingerprint density at radius 3 is 2.45 bits per heavy atom. The number of hydrogen-bond donors (Lipinski definition) is 2. The van der Waals surface area contributed by atoms with Gasteiger partial charge in [-0.25, -0.2) is 0 Å². The van der Waals surface area contributed by atoms with Crippen LogP contribution in [0, 0.1) is 0 Å². The van der Waals surface area contributed by atoms with Gasteiger partial charge in [0.2, 0.25) is 0 Å². The molecule has 0 saturated heterocycles. The molecule has 3 aromatic carbocycles. The van der Waals surface area contributed by atoms with Crippen molar-refractivity contribution in [3.05, 3.63) is 99.7 Å². The molecule has 0 saturated carbocycles. The van der Waals surface area contributed by atoms with Crippen molar-refractivity contribution in [3.8, 4) is 5.75 Å². The predicted molar refractivity (Wildman–Crippen MR) is 128 cm³/mol. The lowest BCUT2D eigenvalue weighted by atomic mass is 9.78. The lowest BCUT2D eigenvalue weighted by Crippen LogP contribution is -2.27. The zero-order valence-electron chi connectivity index (χ0n) is 17.2. The SMILES string of the molecule is COc1ccc(Br)cc1C1Nc2ccccc2NC2=C1C(=O)CC(c1ccccc1)C2. The Morgan fingerprint density at radius 2 is 1.68 bits per heavy atom. The number of hydrogen-bond acceptors (Lipinski definition) is 4. The van der Waals surface area contributed by atoms with E-state index in [1.165, 1.54) is 5.56 Å². The lowest BCUT2D eigenvalue weighted by molar-refractivity contribution is -0.116. The van der Waals surface area contributed by atoms with Crippen LogP contribution in [0.3, 0.4) is 0 Å². The maximum atomic E-state index is 13.6. The van der Waals surface area contributed by atoms with E-state index in [-0.39, 0.29) is 17.7 Å². The lowest BCUT2D eigenvalue weighted by Gasteiger charge is -2.30. The monoisotopic (exact) mass is 474 g/mol. The number of nitrogens with one attached hydrogen (secondary N) is 2. The van der Waals surface area contributed by atoms with Gasteiger partial charge in [-0.3, -0.25) is 4.79 Å². The molecule has 2 aliphatic rings. The number of halogens is 1. The summed E-state index contributed by atoms with van der Waals surface area (Å²) in [5.41, 5.74) is 5.86. The molecular formula is C26H23BrN2O2.